The number of aliphatic hydroxyl groups is 1. The number of nitriles is 2. The lowest BCUT2D eigenvalue weighted by atomic mass is 10.1. The van der Waals surface area contributed by atoms with E-state index in [0.717, 1.165) is 5.69 Å². The molecule has 1 amide bonds. The van der Waals surface area contributed by atoms with Crippen LogP contribution in [0.5, 0.6) is 0 Å². The standard InChI is InChI=1S/C16H20N4O2/c1-11-12(7-14(9-18)20(11)5)6-13(8-17)15(21)19(4)10-16(2,3)22/h6-7,22H,10H2,1-5H3/b13-6+. The van der Waals surface area contributed by atoms with E-state index in [-0.39, 0.29) is 12.1 Å². The number of likely N-dealkylation sites (N-methyl/N-ethyl adjacent to an activating group) is 1. The van der Waals surface area contributed by atoms with E-state index in [1.165, 1.54) is 18.0 Å². The first-order valence-corrected chi connectivity index (χ1v) is 6.76. The van der Waals surface area contributed by atoms with Crippen LogP contribution in [-0.4, -0.2) is 39.7 Å². The highest BCUT2D eigenvalue weighted by Gasteiger charge is 2.22. The summed E-state index contributed by atoms with van der Waals surface area (Å²) in [6, 6.07) is 5.58. The molecule has 22 heavy (non-hydrogen) atoms. The molecule has 0 saturated carbocycles. The SMILES string of the molecule is Cc1c(/C=C(\C#N)C(=O)N(C)CC(C)(C)O)cc(C#N)n1C. The third-order valence-corrected chi connectivity index (χ3v) is 3.31. The molecule has 0 saturated heterocycles. The summed E-state index contributed by atoms with van der Waals surface area (Å²) in [5.41, 5.74) is 0.827. The summed E-state index contributed by atoms with van der Waals surface area (Å²) in [4.78, 5) is 13.6. The number of hydrogen-bond acceptors (Lipinski definition) is 4. The van der Waals surface area contributed by atoms with Gasteiger partial charge >= 0.3 is 0 Å². The second-order valence-corrected chi connectivity index (χ2v) is 5.88. The Morgan fingerprint density at radius 2 is 2.09 bits per heavy atom. The van der Waals surface area contributed by atoms with Gasteiger partial charge in [0.15, 0.2) is 0 Å². The van der Waals surface area contributed by atoms with E-state index in [2.05, 4.69) is 6.07 Å². The van der Waals surface area contributed by atoms with Gasteiger partial charge in [0.25, 0.3) is 5.91 Å². The van der Waals surface area contributed by atoms with E-state index in [4.69, 9.17) is 5.26 Å². The van der Waals surface area contributed by atoms with Crippen LogP contribution in [0.4, 0.5) is 0 Å². The first kappa shape index (κ1) is 17.5. The van der Waals surface area contributed by atoms with Crippen LogP contribution in [0.1, 0.15) is 30.8 Å². The topological polar surface area (TPSA) is 93.1 Å². The van der Waals surface area contributed by atoms with Crippen molar-refractivity contribution < 1.29 is 9.90 Å². The molecule has 0 spiro atoms. The van der Waals surface area contributed by atoms with Gasteiger partial charge in [-0.3, -0.25) is 4.79 Å². The summed E-state index contributed by atoms with van der Waals surface area (Å²) in [6.45, 7) is 5.11. The smallest absolute Gasteiger partial charge is 0.264 e. The Balaban J connectivity index is 3.14. The molecule has 0 aliphatic rings. The number of amides is 1. The van der Waals surface area contributed by atoms with E-state index in [1.54, 1.807) is 31.5 Å². The van der Waals surface area contributed by atoms with Crippen LogP contribution in [0.2, 0.25) is 0 Å². The maximum Gasteiger partial charge on any atom is 0.264 e. The van der Waals surface area contributed by atoms with Gasteiger partial charge in [-0.1, -0.05) is 0 Å². The second-order valence-electron chi connectivity index (χ2n) is 5.88. The normalized spacial score (nSPS) is 11.7. The summed E-state index contributed by atoms with van der Waals surface area (Å²) < 4.78 is 1.70. The van der Waals surface area contributed by atoms with Crippen LogP contribution in [0.3, 0.4) is 0 Å². The predicted octanol–water partition coefficient (Wildman–Crippen LogP) is 1.34. The van der Waals surface area contributed by atoms with Gasteiger partial charge in [-0.05, 0) is 38.5 Å². The van der Waals surface area contributed by atoms with Gasteiger partial charge in [-0.15, -0.1) is 0 Å². The molecule has 1 heterocycles. The summed E-state index contributed by atoms with van der Waals surface area (Å²) in [7, 11) is 3.28. The molecule has 0 radical (unpaired) electrons. The molecule has 6 nitrogen and oxygen atoms in total. The summed E-state index contributed by atoms with van der Waals surface area (Å²) in [6.07, 6.45) is 1.47. The van der Waals surface area contributed by atoms with Crippen LogP contribution < -0.4 is 0 Å². The fraction of sp³-hybridized carbons (Fsp3) is 0.438. The highest BCUT2D eigenvalue weighted by atomic mass is 16.3. The molecule has 0 aliphatic heterocycles. The fourth-order valence-electron chi connectivity index (χ4n) is 2.13. The highest BCUT2D eigenvalue weighted by Crippen LogP contribution is 2.18. The van der Waals surface area contributed by atoms with Crippen molar-refractivity contribution >= 4 is 12.0 Å². The van der Waals surface area contributed by atoms with E-state index >= 15 is 0 Å². The van der Waals surface area contributed by atoms with Crippen LogP contribution >= 0.6 is 0 Å². The Morgan fingerprint density at radius 1 is 1.50 bits per heavy atom. The van der Waals surface area contributed by atoms with Crippen molar-refractivity contribution in [2.75, 3.05) is 13.6 Å². The van der Waals surface area contributed by atoms with Crippen molar-refractivity contribution in [2.45, 2.75) is 26.4 Å². The largest absolute Gasteiger partial charge is 0.389 e. The van der Waals surface area contributed by atoms with Crippen molar-refractivity contribution in [3.63, 3.8) is 0 Å². The number of aromatic nitrogens is 1. The van der Waals surface area contributed by atoms with E-state index in [0.29, 0.717) is 11.3 Å². The van der Waals surface area contributed by atoms with E-state index < -0.39 is 11.5 Å². The predicted molar refractivity (Wildman–Crippen MR) is 82.4 cm³/mol. The minimum Gasteiger partial charge on any atom is -0.389 e. The minimum absolute atomic E-state index is 0.0371. The van der Waals surface area contributed by atoms with Crippen molar-refractivity contribution in [1.29, 1.82) is 10.5 Å². The number of hydrogen-bond donors (Lipinski definition) is 1. The molecule has 0 aliphatic carbocycles. The average molecular weight is 300 g/mol. The summed E-state index contributed by atoms with van der Waals surface area (Å²) in [5, 5.41) is 28.0. The van der Waals surface area contributed by atoms with Gasteiger partial charge in [0, 0.05) is 26.3 Å². The molecule has 1 N–H and O–H groups in total. The van der Waals surface area contributed by atoms with Gasteiger partial charge < -0.3 is 14.6 Å². The van der Waals surface area contributed by atoms with Gasteiger partial charge in [0.2, 0.25) is 0 Å². The maximum absolute atomic E-state index is 12.3. The number of carbonyl (C=O) groups excluding carboxylic acids is 1. The van der Waals surface area contributed by atoms with Gasteiger partial charge in [-0.25, -0.2) is 0 Å². The monoisotopic (exact) mass is 300 g/mol. The molecular weight excluding hydrogens is 280 g/mol. The minimum atomic E-state index is -1.04. The zero-order valence-electron chi connectivity index (χ0n) is 13.5. The Hall–Kier alpha value is -2.57. The Bertz CT molecular complexity index is 693. The van der Waals surface area contributed by atoms with Crippen molar-refractivity contribution in [3.05, 3.63) is 28.6 Å². The summed E-state index contributed by atoms with van der Waals surface area (Å²) in [5.74, 6) is -0.466. The molecule has 0 atom stereocenters. The van der Waals surface area contributed by atoms with E-state index in [9.17, 15) is 15.2 Å². The molecule has 1 rings (SSSR count). The Morgan fingerprint density at radius 3 is 2.50 bits per heavy atom. The molecule has 1 aromatic rings. The van der Waals surface area contributed by atoms with Crippen LogP contribution in [0.15, 0.2) is 11.6 Å². The lowest BCUT2D eigenvalue weighted by Crippen LogP contribution is -2.40. The average Bonchev–Trinajstić information content (AvgIpc) is 2.69. The van der Waals surface area contributed by atoms with Gasteiger partial charge in [0.1, 0.15) is 23.4 Å². The van der Waals surface area contributed by atoms with E-state index in [1.807, 2.05) is 13.0 Å². The zero-order valence-corrected chi connectivity index (χ0v) is 13.5. The lowest BCUT2D eigenvalue weighted by Gasteiger charge is -2.25. The van der Waals surface area contributed by atoms with Crippen molar-refractivity contribution in [2.24, 2.45) is 7.05 Å². The van der Waals surface area contributed by atoms with Gasteiger partial charge in [-0.2, -0.15) is 10.5 Å². The first-order chi connectivity index (χ1) is 10.1. The maximum atomic E-state index is 12.3. The molecular formula is C16H20N4O2. The molecule has 116 valence electrons. The molecule has 0 unspecified atom stereocenters. The number of carbonyl (C=O) groups is 1. The molecule has 0 fully saturated rings. The molecule has 0 bridgehead atoms. The first-order valence-electron chi connectivity index (χ1n) is 6.76. The molecule has 6 heteroatoms. The number of rotatable bonds is 4. The van der Waals surface area contributed by atoms with Crippen molar-refractivity contribution in [3.8, 4) is 12.1 Å². The molecule has 1 aromatic heterocycles. The number of nitrogens with zero attached hydrogens (tertiary/aromatic N) is 4. The van der Waals surface area contributed by atoms with Crippen molar-refractivity contribution in [1.82, 2.24) is 9.47 Å². The molecule has 0 aromatic carbocycles. The zero-order chi connectivity index (χ0) is 17.1. The quantitative estimate of drug-likeness (QED) is 0.671. The summed E-state index contributed by atoms with van der Waals surface area (Å²) >= 11 is 0. The Kier molecular flexibility index (Phi) is 5.14. The van der Waals surface area contributed by atoms with Crippen LogP contribution in [0.25, 0.3) is 6.08 Å². The third-order valence-electron chi connectivity index (χ3n) is 3.31. The van der Waals surface area contributed by atoms with Crippen LogP contribution in [-0.2, 0) is 11.8 Å². The Labute approximate surface area is 130 Å². The second kappa shape index (κ2) is 6.46. The highest BCUT2D eigenvalue weighted by molar-refractivity contribution is 6.01. The fourth-order valence-corrected chi connectivity index (χ4v) is 2.13. The van der Waals surface area contributed by atoms with Gasteiger partial charge in [0.05, 0.1) is 5.60 Å². The third kappa shape index (κ3) is 3.97. The lowest BCUT2D eigenvalue weighted by molar-refractivity contribution is -0.128. The van der Waals surface area contributed by atoms with Crippen LogP contribution in [0, 0.1) is 29.6 Å².